The van der Waals surface area contributed by atoms with E-state index in [9.17, 15) is 9.18 Å². The quantitative estimate of drug-likeness (QED) is 0.104. The molecule has 2 unspecified atom stereocenters. The first-order chi connectivity index (χ1) is 23.8. The van der Waals surface area contributed by atoms with Crippen LogP contribution in [0.2, 0.25) is 0 Å². The summed E-state index contributed by atoms with van der Waals surface area (Å²) in [7, 11) is 0. The highest BCUT2D eigenvalue weighted by Gasteiger charge is 2.30. The van der Waals surface area contributed by atoms with E-state index in [1.165, 1.54) is 10.6 Å². The van der Waals surface area contributed by atoms with Crippen LogP contribution >= 0.6 is 0 Å². The predicted molar refractivity (Wildman–Crippen MR) is 193 cm³/mol. The first kappa shape index (κ1) is 36.5. The van der Waals surface area contributed by atoms with E-state index >= 15 is 0 Å². The van der Waals surface area contributed by atoms with E-state index in [1.54, 1.807) is 36.5 Å². The van der Waals surface area contributed by atoms with Gasteiger partial charge in [0.1, 0.15) is 34.8 Å². The molecule has 0 bridgehead atoms. The Hall–Kier alpha value is -4.81. The number of anilines is 1. The van der Waals surface area contributed by atoms with Gasteiger partial charge < -0.3 is 25.5 Å². The number of urea groups is 1. The smallest absolute Gasteiger partial charge is 0.320 e. The van der Waals surface area contributed by atoms with Crippen molar-refractivity contribution in [2.75, 3.05) is 31.6 Å². The summed E-state index contributed by atoms with van der Waals surface area (Å²) in [6, 6.07) is 15.3. The largest absolute Gasteiger partial charge is 0.484 e. The molecule has 11 nitrogen and oxygen atoms in total. The number of allylic oxidation sites excluding steroid dienone is 1. The molecule has 6 N–H and O–H groups in total. The van der Waals surface area contributed by atoms with Gasteiger partial charge >= 0.3 is 6.03 Å². The van der Waals surface area contributed by atoms with Crippen molar-refractivity contribution in [3.8, 4) is 5.75 Å². The predicted octanol–water partition coefficient (Wildman–Crippen LogP) is 6.69. The number of amides is 2. The van der Waals surface area contributed by atoms with Crippen LogP contribution in [0.3, 0.4) is 0 Å². The van der Waals surface area contributed by atoms with Crippen molar-refractivity contribution in [1.82, 2.24) is 20.1 Å². The number of carbonyl (C=O) groups excluding carboxylic acids is 1. The van der Waals surface area contributed by atoms with E-state index in [1.807, 2.05) is 58.9 Å². The molecule has 1 saturated heterocycles. The number of halogens is 1. The first-order valence-electron chi connectivity index (χ1n) is 17.1. The van der Waals surface area contributed by atoms with Gasteiger partial charge in [-0.05, 0) is 54.3 Å². The molecule has 0 radical (unpaired) electrons. The Bertz CT molecular complexity index is 1810. The number of hydrogen-bond acceptors (Lipinski definition) is 8. The van der Waals surface area contributed by atoms with Crippen LogP contribution in [0.4, 0.5) is 14.9 Å². The summed E-state index contributed by atoms with van der Waals surface area (Å²) in [4.78, 5) is 15.7. The summed E-state index contributed by atoms with van der Waals surface area (Å²) in [5.74, 6) is 0.821. The normalized spacial score (nSPS) is 18.3. The number of nitrogens with zero attached hydrogens (tertiary/aromatic N) is 2. The molecule has 0 spiro atoms. The van der Waals surface area contributed by atoms with Crippen molar-refractivity contribution in [2.24, 2.45) is 11.3 Å². The molecule has 1 aromatic heterocycles. The van der Waals surface area contributed by atoms with E-state index in [0.717, 1.165) is 24.2 Å². The summed E-state index contributed by atoms with van der Waals surface area (Å²) in [5.41, 5.74) is 3.06. The zero-order valence-electron chi connectivity index (χ0n) is 29.5. The third-order valence-corrected chi connectivity index (χ3v) is 8.91. The SMILES string of the molecule is CC(C)C(=N)n1cc(OC2CCC(NC(=O)N/C(=C/C(=N)C(C)(C)C)Nc3ccc(F)c(CN4CCOCC4)c3)c3ccccc32)ccc1=N. The van der Waals surface area contributed by atoms with Crippen LogP contribution in [0.15, 0.2) is 72.7 Å². The van der Waals surface area contributed by atoms with E-state index < -0.39 is 11.4 Å². The van der Waals surface area contributed by atoms with Crippen LogP contribution in [0.25, 0.3) is 0 Å². The molecular formula is C38H49FN8O3. The minimum absolute atomic E-state index is 0.0501. The number of aromatic nitrogens is 1. The molecule has 0 saturated carbocycles. The molecule has 2 heterocycles. The van der Waals surface area contributed by atoms with Crippen LogP contribution in [-0.4, -0.2) is 53.3 Å². The first-order valence-corrected chi connectivity index (χ1v) is 17.1. The highest BCUT2D eigenvalue weighted by Crippen LogP contribution is 2.38. The van der Waals surface area contributed by atoms with Crippen LogP contribution in [-0.2, 0) is 11.3 Å². The molecule has 5 rings (SSSR count). The molecule has 12 heteroatoms. The van der Waals surface area contributed by atoms with Crippen LogP contribution in [0, 0.1) is 33.4 Å². The molecule has 2 aliphatic rings. The van der Waals surface area contributed by atoms with Gasteiger partial charge in [-0.25, -0.2) is 9.18 Å². The number of pyridine rings is 1. The Morgan fingerprint density at radius 3 is 2.48 bits per heavy atom. The van der Waals surface area contributed by atoms with Crippen molar-refractivity contribution < 1.29 is 18.7 Å². The molecule has 1 aliphatic heterocycles. The minimum Gasteiger partial charge on any atom is -0.484 e. The second kappa shape index (κ2) is 15.8. The monoisotopic (exact) mass is 684 g/mol. The van der Waals surface area contributed by atoms with Crippen molar-refractivity contribution in [3.05, 3.63) is 101 Å². The standard InChI is InChI=1S/C38H49FN8O3/c1-24(2)36(42)47-23-27(11-15-34(47)41)50-32-14-13-31(28-8-6-7-9-29(28)32)44-37(48)45-35(21-33(40)38(3,4)5)43-26-10-12-30(39)25(20-26)22-46-16-18-49-19-17-46/h6-12,15,20-21,23-24,31-32,40-43H,13-14,16-19,22H2,1-5H3,(H2,44,45,48)/b35-21+,40-33?,41-34?,42-36?. The fraction of sp³-hybridized carbons (Fsp3) is 0.421. The molecule has 1 aliphatic carbocycles. The van der Waals surface area contributed by atoms with Gasteiger partial charge in [0.25, 0.3) is 0 Å². The fourth-order valence-corrected chi connectivity index (χ4v) is 5.93. The van der Waals surface area contributed by atoms with Gasteiger partial charge in [-0.1, -0.05) is 58.9 Å². The Morgan fingerprint density at radius 1 is 1.06 bits per heavy atom. The summed E-state index contributed by atoms with van der Waals surface area (Å²) in [5, 5.41) is 34.5. The van der Waals surface area contributed by atoms with Gasteiger partial charge in [0.15, 0.2) is 0 Å². The molecule has 2 atom stereocenters. The maximum absolute atomic E-state index is 14.8. The summed E-state index contributed by atoms with van der Waals surface area (Å²) >= 11 is 0. The van der Waals surface area contributed by atoms with Gasteiger partial charge in [0.2, 0.25) is 0 Å². The van der Waals surface area contributed by atoms with Gasteiger partial charge in [0, 0.05) is 54.0 Å². The average molecular weight is 685 g/mol. The Labute approximate surface area is 293 Å². The number of carbonyl (C=O) groups is 1. The summed E-state index contributed by atoms with van der Waals surface area (Å²) < 4.78 is 28.2. The number of rotatable bonds is 10. The Morgan fingerprint density at radius 2 is 1.78 bits per heavy atom. The highest BCUT2D eigenvalue weighted by atomic mass is 19.1. The molecule has 50 heavy (non-hydrogen) atoms. The molecule has 2 amide bonds. The van der Waals surface area contributed by atoms with Crippen molar-refractivity contribution in [2.45, 2.75) is 66.2 Å². The topological polar surface area (TPSA) is 151 Å². The lowest BCUT2D eigenvalue weighted by Crippen LogP contribution is -2.41. The second-order valence-corrected chi connectivity index (χ2v) is 14.2. The van der Waals surface area contributed by atoms with Crippen molar-refractivity contribution in [3.63, 3.8) is 0 Å². The maximum Gasteiger partial charge on any atom is 0.320 e. The van der Waals surface area contributed by atoms with E-state index in [0.29, 0.717) is 67.0 Å². The lowest BCUT2D eigenvalue weighted by atomic mass is 9.85. The number of morpholine rings is 1. The molecule has 266 valence electrons. The number of fused-ring (bicyclic) bond motifs is 1. The van der Waals surface area contributed by atoms with Gasteiger partial charge in [-0.3, -0.25) is 25.6 Å². The van der Waals surface area contributed by atoms with E-state index in [-0.39, 0.29) is 29.4 Å². The lowest BCUT2D eigenvalue weighted by Gasteiger charge is -2.32. The molecule has 1 fully saturated rings. The molecule has 2 aromatic carbocycles. The second-order valence-electron chi connectivity index (χ2n) is 14.2. The van der Waals surface area contributed by atoms with E-state index in [2.05, 4.69) is 20.9 Å². The third kappa shape index (κ3) is 9.25. The van der Waals surface area contributed by atoms with Crippen molar-refractivity contribution in [1.29, 1.82) is 16.2 Å². The fourth-order valence-electron chi connectivity index (χ4n) is 5.93. The van der Waals surface area contributed by atoms with Crippen LogP contribution < -0.4 is 26.2 Å². The number of nitrogens with one attached hydrogen (secondary N) is 6. The summed E-state index contributed by atoms with van der Waals surface area (Å²) in [6.07, 6.45) is 4.24. The van der Waals surface area contributed by atoms with Gasteiger partial charge in [-0.2, -0.15) is 0 Å². The zero-order valence-corrected chi connectivity index (χ0v) is 29.5. The Balaban J connectivity index is 1.31. The maximum atomic E-state index is 14.8. The van der Waals surface area contributed by atoms with Crippen molar-refractivity contribution >= 4 is 23.3 Å². The zero-order chi connectivity index (χ0) is 36.0. The highest BCUT2D eigenvalue weighted by molar-refractivity contribution is 5.97. The third-order valence-electron chi connectivity index (χ3n) is 8.91. The van der Waals surface area contributed by atoms with Crippen LogP contribution in [0.5, 0.6) is 5.75 Å². The number of benzene rings is 2. The van der Waals surface area contributed by atoms with Crippen LogP contribution in [0.1, 0.15) is 76.3 Å². The number of hydrogen-bond donors (Lipinski definition) is 6. The minimum atomic E-state index is -0.470. The molecule has 3 aromatic rings. The average Bonchev–Trinajstić information content (AvgIpc) is 3.07. The summed E-state index contributed by atoms with van der Waals surface area (Å²) in [6.45, 7) is 12.7. The van der Waals surface area contributed by atoms with E-state index in [4.69, 9.17) is 25.7 Å². The lowest BCUT2D eigenvalue weighted by molar-refractivity contribution is 0.0337. The van der Waals surface area contributed by atoms with Gasteiger partial charge in [-0.15, -0.1) is 0 Å². The Kier molecular flexibility index (Phi) is 11.5. The molecular weight excluding hydrogens is 635 g/mol. The number of ether oxygens (including phenoxy) is 2. The van der Waals surface area contributed by atoms with Gasteiger partial charge in [0.05, 0.1) is 25.5 Å².